The van der Waals surface area contributed by atoms with Crippen LogP contribution in [0.4, 0.5) is 5.69 Å². The summed E-state index contributed by atoms with van der Waals surface area (Å²) in [5, 5.41) is 15.9. The van der Waals surface area contributed by atoms with Crippen molar-refractivity contribution in [3.63, 3.8) is 0 Å². The molecule has 0 spiro atoms. The molecule has 0 bridgehead atoms. The van der Waals surface area contributed by atoms with Crippen molar-refractivity contribution in [3.8, 4) is 16.3 Å². The number of nitrogens with zero attached hydrogens (tertiary/aromatic N) is 4. The maximum absolute atomic E-state index is 12.4. The molecular weight excluding hydrogens is 362 g/mol. The molecule has 27 heavy (non-hydrogen) atoms. The molecule has 8 heteroatoms. The van der Waals surface area contributed by atoms with Crippen molar-refractivity contribution in [2.24, 2.45) is 0 Å². The Morgan fingerprint density at radius 1 is 1.15 bits per heavy atom. The summed E-state index contributed by atoms with van der Waals surface area (Å²) in [5.41, 5.74) is 2.26. The van der Waals surface area contributed by atoms with Crippen LogP contribution >= 0.6 is 11.3 Å². The average Bonchev–Trinajstić information content (AvgIpc) is 3.29. The van der Waals surface area contributed by atoms with Gasteiger partial charge in [-0.1, -0.05) is 18.3 Å². The van der Waals surface area contributed by atoms with Crippen LogP contribution in [0.15, 0.2) is 54.9 Å². The van der Waals surface area contributed by atoms with Crippen LogP contribution in [0, 0.1) is 0 Å². The molecule has 1 amide bonds. The summed E-state index contributed by atoms with van der Waals surface area (Å²) in [7, 11) is 0. The van der Waals surface area contributed by atoms with Gasteiger partial charge in [0.1, 0.15) is 17.1 Å². The monoisotopic (exact) mass is 379 g/mol. The number of benzene rings is 2. The maximum Gasteiger partial charge on any atom is 0.255 e. The SMILES string of the molecule is CCCOc1ccc(C(=O)Nc2ccc(-c3nn4cnnc4s3)cc2)cc1. The second kappa shape index (κ2) is 7.55. The first-order valence-electron chi connectivity index (χ1n) is 8.54. The van der Waals surface area contributed by atoms with Crippen molar-refractivity contribution in [3.05, 3.63) is 60.4 Å². The zero-order valence-electron chi connectivity index (χ0n) is 14.6. The first-order chi connectivity index (χ1) is 13.2. The minimum atomic E-state index is -0.163. The van der Waals surface area contributed by atoms with Crippen molar-refractivity contribution in [2.45, 2.75) is 13.3 Å². The van der Waals surface area contributed by atoms with Crippen LogP contribution < -0.4 is 10.1 Å². The van der Waals surface area contributed by atoms with Crippen molar-refractivity contribution in [1.82, 2.24) is 19.8 Å². The molecule has 0 unspecified atom stereocenters. The normalized spacial score (nSPS) is 10.9. The lowest BCUT2D eigenvalue weighted by molar-refractivity contribution is 0.102. The average molecular weight is 379 g/mol. The lowest BCUT2D eigenvalue weighted by Crippen LogP contribution is -2.11. The van der Waals surface area contributed by atoms with E-state index in [2.05, 4.69) is 27.5 Å². The molecule has 2 aromatic heterocycles. The zero-order valence-corrected chi connectivity index (χ0v) is 15.4. The van der Waals surface area contributed by atoms with Crippen LogP contribution in [-0.4, -0.2) is 32.3 Å². The van der Waals surface area contributed by atoms with Crippen LogP contribution in [-0.2, 0) is 0 Å². The molecule has 1 N–H and O–H groups in total. The fourth-order valence-electron chi connectivity index (χ4n) is 2.50. The highest BCUT2D eigenvalue weighted by atomic mass is 32.1. The van der Waals surface area contributed by atoms with Gasteiger partial charge in [0.15, 0.2) is 0 Å². The predicted octanol–water partition coefficient (Wildman–Crippen LogP) is 3.89. The Morgan fingerprint density at radius 3 is 2.63 bits per heavy atom. The molecule has 0 aliphatic rings. The first-order valence-corrected chi connectivity index (χ1v) is 9.36. The molecule has 4 aromatic rings. The summed E-state index contributed by atoms with van der Waals surface area (Å²) >= 11 is 1.46. The molecule has 0 saturated heterocycles. The highest BCUT2D eigenvalue weighted by Gasteiger charge is 2.09. The van der Waals surface area contributed by atoms with E-state index in [9.17, 15) is 4.79 Å². The Balaban J connectivity index is 1.43. The molecule has 136 valence electrons. The van der Waals surface area contributed by atoms with Gasteiger partial charge in [-0.15, -0.1) is 10.2 Å². The van der Waals surface area contributed by atoms with E-state index in [1.54, 1.807) is 35.1 Å². The van der Waals surface area contributed by atoms with E-state index in [-0.39, 0.29) is 5.91 Å². The number of rotatable bonds is 6. The Morgan fingerprint density at radius 2 is 1.93 bits per heavy atom. The molecule has 2 aromatic carbocycles. The van der Waals surface area contributed by atoms with E-state index in [1.807, 2.05) is 24.3 Å². The molecule has 0 aliphatic heterocycles. The third kappa shape index (κ3) is 3.80. The summed E-state index contributed by atoms with van der Waals surface area (Å²) in [5.74, 6) is 0.603. The van der Waals surface area contributed by atoms with Crippen LogP contribution in [0.3, 0.4) is 0 Å². The van der Waals surface area contributed by atoms with Gasteiger partial charge in [0, 0.05) is 16.8 Å². The van der Waals surface area contributed by atoms with Crippen molar-refractivity contribution in [2.75, 3.05) is 11.9 Å². The molecule has 0 fully saturated rings. The standard InChI is InChI=1S/C19H17N5O2S/c1-2-11-26-16-9-5-13(6-10-16)17(25)21-15-7-3-14(4-8-15)18-23-24-12-20-22-19(24)27-18/h3-10,12H,2,11H2,1H3,(H,21,25). The molecule has 2 heterocycles. The minimum absolute atomic E-state index is 0.163. The minimum Gasteiger partial charge on any atom is -0.494 e. The molecule has 0 atom stereocenters. The molecular formula is C19H17N5O2S. The van der Waals surface area contributed by atoms with Gasteiger partial charge in [0.05, 0.1) is 6.61 Å². The van der Waals surface area contributed by atoms with Gasteiger partial charge in [-0.2, -0.15) is 9.61 Å². The Labute approximate surface area is 159 Å². The van der Waals surface area contributed by atoms with Crippen LogP contribution in [0.1, 0.15) is 23.7 Å². The van der Waals surface area contributed by atoms with Gasteiger partial charge in [-0.3, -0.25) is 4.79 Å². The summed E-state index contributed by atoms with van der Waals surface area (Å²) in [6, 6.07) is 14.7. The third-order valence-corrected chi connectivity index (χ3v) is 4.83. The highest BCUT2D eigenvalue weighted by Crippen LogP contribution is 2.26. The van der Waals surface area contributed by atoms with Gasteiger partial charge in [0.25, 0.3) is 5.91 Å². The predicted molar refractivity (Wildman–Crippen MR) is 104 cm³/mol. The topological polar surface area (TPSA) is 81.4 Å². The smallest absolute Gasteiger partial charge is 0.255 e. The largest absolute Gasteiger partial charge is 0.494 e. The Bertz CT molecular complexity index is 1030. The number of anilines is 1. The number of carbonyl (C=O) groups is 1. The summed E-state index contributed by atoms with van der Waals surface area (Å²) in [4.78, 5) is 13.1. The van der Waals surface area contributed by atoms with Gasteiger partial charge in [-0.25, -0.2) is 0 Å². The summed E-state index contributed by atoms with van der Waals surface area (Å²) in [6.45, 7) is 2.72. The molecule has 7 nitrogen and oxygen atoms in total. The molecule has 0 radical (unpaired) electrons. The van der Waals surface area contributed by atoms with Gasteiger partial charge < -0.3 is 10.1 Å². The third-order valence-electron chi connectivity index (χ3n) is 3.87. The summed E-state index contributed by atoms with van der Waals surface area (Å²) < 4.78 is 7.18. The second-order valence-electron chi connectivity index (χ2n) is 5.87. The van der Waals surface area contributed by atoms with Gasteiger partial charge >= 0.3 is 0 Å². The highest BCUT2D eigenvalue weighted by molar-refractivity contribution is 7.19. The lowest BCUT2D eigenvalue weighted by Gasteiger charge is -2.08. The maximum atomic E-state index is 12.4. The van der Waals surface area contributed by atoms with E-state index in [4.69, 9.17) is 4.74 Å². The van der Waals surface area contributed by atoms with Gasteiger partial charge in [0.2, 0.25) is 4.96 Å². The van der Waals surface area contributed by atoms with E-state index in [0.717, 1.165) is 33.4 Å². The van der Waals surface area contributed by atoms with Crippen LogP contribution in [0.5, 0.6) is 5.75 Å². The molecule has 0 aliphatic carbocycles. The molecule has 4 rings (SSSR count). The van der Waals surface area contributed by atoms with Crippen molar-refractivity contribution >= 4 is 27.9 Å². The van der Waals surface area contributed by atoms with Gasteiger partial charge in [-0.05, 0) is 55.0 Å². The zero-order chi connectivity index (χ0) is 18.6. The number of amides is 1. The quantitative estimate of drug-likeness (QED) is 0.550. The Kier molecular flexibility index (Phi) is 4.80. The number of aromatic nitrogens is 4. The van der Waals surface area contributed by atoms with Crippen molar-refractivity contribution in [1.29, 1.82) is 0 Å². The van der Waals surface area contributed by atoms with E-state index in [0.29, 0.717) is 12.2 Å². The lowest BCUT2D eigenvalue weighted by atomic mass is 10.2. The van der Waals surface area contributed by atoms with E-state index >= 15 is 0 Å². The fraction of sp³-hybridized carbons (Fsp3) is 0.158. The van der Waals surface area contributed by atoms with Crippen LogP contribution in [0.25, 0.3) is 15.5 Å². The van der Waals surface area contributed by atoms with Crippen molar-refractivity contribution < 1.29 is 9.53 Å². The second-order valence-corrected chi connectivity index (χ2v) is 6.83. The first kappa shape index (κ1) is 17.2. The number of nitrogens with one attached hydrogen (secondary N) is 1. The number of hydrogen-bond donors (Lipinski definition) is 1. The number of carbonyl (C=O) groups excluding carboxylic acids is 1. The Hall–Kier alpha value is -3.26. The molecule has 0 saturated carbocycles. The number of ether oxygens (including phenoxy) is 1. The number of hydrogen-bond acceptors (Lipinski definition) is 6. The van der Waals surface area contributed by atoms with E-state index in [1.165, 1.54) is 11.3 Å². The number of fused-ring (bicyclic) bond motifs is 1. The fourth-order valence-corrected chi connectivity index (χ4v) is 3.32. The van der Waals surface area contributed by atoms with E-state index < -0.39 is 0 Å². The summed E-state index contributed by atoms with van der Waals surface area (Å²) in [6.07, 6.45) is 2.52. The van der Waals surface area contributed by atoms with Crippen LogP contribution in [0.2, 0.25) is 0 Å².